The lowest BCUT2D eigenvalue weighted by molar-refractivity contribution is 0.778. The van der Waals surface area contributed by atoms with Crippen LogP contribution in [0.3, 0.4) is 0 Å². The molecule has 1 aliphatic rings. The molecule has 0 heteroatoms. The fourth-order valence-corrected chi connectivity index (χ4v) is 1.73. The van der Waals surface area contributed by atoms with E-state index in [0.717, 1.165) is 0 Å². The van der Waals surface area contributed by atoms with E-state index in [9.17, 15) is 0 Å². The summed E-state index contributed by atoms with van der Waals surface area (Å²) >= 11 is 0. The van der Waals surface area contributed by atoms with E-state index < -0.39 is 0 Å². The summed E-state index contributed by atoms with van der Waals surface area (Å²) in [5, 5.41) is 0. The molecule has 0 aromatic heterocycles. The molecule has 0 N–H and O–H groups in total. The van der Waals surface area contributed by atoms with Gasteiger partial charge in [0.2, 0.25) is 0 Å². The Morgan fingerprint density at radius 2 is 1.42 bits per heavy atom. The Morgan fingerprint density at radius 3 is 1.92 bits per heavy atom. The SMILES string of the molecule is C=C1C(C)=C(C)C(C)=C(C)C1C. The van der Waals surface area contributed by atoms with Gasteiger partial charge >= 0.3 is 0 Å². The molecule has 1 aliphatic carbocycles. The van der Waals surface area contributed by atoms with Gasteiger partial charge in [0.05, 0.1) is 0 Å². The summed E-state index contributed by atoms with van der Waals surface area (Å²) < 4.78 is 0. The minimum atomic E-state index is 0.536. The number of hydrogen-bond donors (Lipinski definition) is 0. The van der Waals surface area contributed by atoms with Crippen LogP contribution in [0, 0.1) is 5.92 Å². The van der Waals surface area contributed by atoms with Crippen LogP contribution < -0.4 is 0 Å². The maximum Gasteiger partial charge on any atom is 0.00197 e. The third-order valence-electron chi connectivity index (χ3n) is 3.37. The molecule has 0 radical (unpaired) electrons. The summed E-state index contributed by atoms with van der Waals surface area (Å²) in [7, 11) is 0. The van der Waals surface area contributed by atoms with Crippen molar-refractivity contribution in [2.24, 2.45) is 5.92 Å². The summed E-state index contributed by atoms with van der Waals surface area (Å²) in [6, 6.07) is 0. The molecule has 1 atom stereocenters. The van der Waals surface area contributed by atoms with Crippen molar-refractivity contribution in [1.82, 2.24) is 0 Å². The first-order valence-electron chi connectivity index (χ1n) is 4.51. The summed E-state index contributed by atoms with van der Waals surface area (Å²) in [6.45, 7) is 15.1. The molecule has 1 rings (SSSR count). The van der Waals surface area contributed by atoms with Crippen molar-refractivity contribution in [3.05, 3.63) is 34.4 Å². The molecule has 12 heavy (non-hydrogen) atoms. The van der Waals surface area contributed by atoms with Gasteiger partial charge in [-0.25, -0.2) is 0 Å². The first kappa shape index (κ1) is 9.31. The van der Waals surface area contributed by atoms with Crippen LogP contribution in [0.25, 0.3) is 0 Å². The minimum Gasteiger partial charge on any atom is -0.0950 e. The second-order valence-corrected chi connectivity index (χ2v) is 3.80. The second-order valence-electron chi connectivity index (χ2n) is 3.80. The quantitative estimate of drug-likeness (QED) is 0.507. The molecule has 0 fully saturated rings. The highest BCUT2D eigenvalue weighted by molar-refractivity contribution is 5.50. The van der Waals surface area contributed by atoms with Crippen molar-refractivity contribution >= 4 is 0 Å². The molecule has 0 saturated heterocycles. The van der Waals surface area contributed by atoms with Crippen molar-refractivity contribution < 1.29 is 0 Å². The number of hydrogen-bond acceptors (Lipinski definition) is 0. The molecule has 0 heterocycles. The molecular weight excluding hydrogens is 144 g/mol. The van der Waals surface area contributed by atoms with Gasteiger partial charge in [-0.1, -0.05) is 19.1 Å². The van der Waals surface area contributed by atoms with E-state index >= 15 is 0 Å². The van der Waals surface area contributed by atoms with Crippen LogP contribution in [0.15, 0.2) is 34.4 Å². The van der Waals surface area contributed by atoms with E-state index in [4.69, 9.17) is 0 Å². The van der Waals surface area contributed by atoms with Crippen LogP contribution in [-0.2, 0) is 0 Å². The minimum absolute atomic E-state index is 0.536. The molecule has 0 amide bonds. The molecule has 0 aromatic rings. The van der Waals surface area contributed by atoms with E-state index in [1.54, 1.807) is 0 Å². The van der Waals surface area contributed by atoms with Crippen LogP contribution in [0.5, 0.6) is 0 Å². The van der Waals surface area contributed by atoms with Crippen LogP contribution in [0.1, 0.15) is 34.6 Å². The highest BCUT2D eigenvalue weighted by atomic mass is 14.2. The van der Waals surface area contributed by atoms with Crippen LogP contribution in [0.2, 0.25) is 0 Å². The third kappa shape index (κ3) is 1.16. The smallest absolute Gasteiger partial charge is 0.00197 e. The third-order valence-corrected chi connectivity index (χ3v) is 3.37. The van der Waals surface area contributed by atoms with Gasteiger partial charge in [-0.15, -0.1) is 0 Å². The van der Waals surface area contributed by atoms with Crippen LogP contribution in [0.4, 0.5) is 0 Å². The molecule has 0 spiro atoms. The Bertz CT molecular complexity index is 287. The fraction of sp³-hybridized carbons (Fsp3) is 0.500. The Kier molecular flexibility index (Phi) is 2.27. The largest absolute Gasteiger partial charge is 0.0950 e. The lowest BCUT2D eigenvalue weighted by Crippen LogP contribution is -2.10. The zero-order valence-corrected chi connectivity index (χ0v) is 8.78. The van der Waals surface area contributed by atoms with Crippen molar-refractivity contribution in [2.75, 3.05) is 0 Å². The monoisotopic (exact) mass is 162 g/mol. The predicted molar refractivity (Wildman–Crippen MR) is 55.1 cm³/mol. The van der Waals surface area contributed by atoms with E-state index in [1.807, 2.05) is 0 Å². The highest BCUT2D eigenvalue weighted by Gasteiger charge is 2.19. The predicted octanol–water partition coefficient (Wildman–Crippen LogP) is 3.87. The van der Waals surface area contributed by atoms with E-state index in [1.165, 1.54) is 27.9 Å². The Hall–Kier alpha value is -0.780. The first-order valence-corrected chi connectivity index (χ1v) is 4.51. The molecule has 0 saturated carbocycles. The fourth-order valence-electron chi connectivity index (χ4n) is 1.73. The van der Waals surface area contributed by atoms with Crippen molar-refractivity contribution in [3.63, 3.8) is 0 Å². The number of allylic oxidation sites excluding steroid dienone is 5. The van der Waals surface area contributed by atoms with Gasteiger partial charge in [0, 0.05) is 5.92 Å². The van der Waals surface area contributed by atoms with Gasteiger partial charge in [-0.2, -0.15) is 0 Å². The average Bonchev–Trinajstić information content (AvgIpc) is 2.08. The molecule has 1 unspecified atom stereocenters. The molecule has 0 aliphatic heterocycles. The van der Waals surface area contributed by atoms with E-state index in [2.05, 4.69) is 41.2 Å². The highest BCUT2D eigenvalue weighted by Crippen LogP contribution is 2.36. The molecule has 66 valence electrons. The lowest BCUT2D eigenvalue weighted by Gasteiger charge is -2.26. The molecular formula is C12H18. The van der Waals surface area contributed by atoms with Crippen molar-refractivity contribution in [2.45, 2.75) is 34.6 Å². The normalized spacial score (nSPS) is 25.4. The first-order chi connectivity index (χ1) is 5.46. The Labute approximate surface area is 75.7 Å². The lowest BCUT2D eigenvalue weighted by atomic mass is 9.79. The van der Waals surface area contributed by atoms with Crippen LogP contribution in [-0.4, -0.2) is 0 Å². The Morgan fingerprint density at radius 1 is 0.917 bits per heavy atom. The van der Waals surface area contributed by atoms with Crippen molar-refractivity contribution in [3.8, 4) is 0 Å². The van der Waals surface area contributed by atoms with Gasteiger partial charge < -0.3 is 0 Å². The number of rotatable bonds is 0. The summed E-state index contributed by atoms with van der Waals surface area (Å²) in [4.78, 5) is 0. The zero-order chi connectivity index (χ0) is 9.46. The van der Waals surface area contributed by atoms with Gasteiger partial charge in [0.1, 0.15) is 0 Å². The Balaban J connectivity index is 3.27. The van der Waals surface area contributed by atoms with Gasteiger partial charge in [-0.05, 0) is 50.0 Å². The zero-order valence-electron chi connectivity index (χ0n) is 8.78. The maximum atomic E-state index is 4.12. The van der Waals surface area contributed by atoms with Crippen molar-refractivity contribution in [1.29, 1.82) is 0 Å². The molecule has 0 bridgehead atoms. The summed E-state index contributed by atoms with van der Waals surface area (Å²) in [5.74, 6) is 0.536. The summed E-state index contributed by atoms with van der Waals surface area (Å²) in [6.07, 6.45) is 0. The second kappa shape index (κ2) is 2.93. The van der Waals surface area contributed by atoms with Gasteiger partial charge in [0.25, 0.3) is 0 Å². The molecule has 0 aromatic carbocycles. The van der Waals surface area contributed by atoms with Crippen LogP contribution >= 0.6 is 0 Å². The van der Waals surface area contributed by atoms with E-state index in [0.29, 0.717) is 5.92 Å². The standard InChI is InChI=1S/C12H18/c1-7-8(2)10(4)12(6)11(5)9(7)3/h8H,1H2,2-6H3. The average molecular weight is 162 g/mol. The topological polar surface area (TPSA) is 0 Å². The van der Waals surface area contributed by atoms with E-state index in [-0.39, 0.29) is 0 Å². The maximum absolute atomic E-state index is 4.12. The van der Waals surface area contributed by atoms with Gasteiger partial charge in [-0.3, -0.25) is 0 Å². The van der Waals surface area contributed by atoms with Gasteiger partial charge in [0.15, 0.2) is 0 Å². The molecule has 0 nitrogen and oxygen atoms in total. The summed E-state index contributed by atoms with van der Waals surface area (Å²) in [5.41, 5.74) is 7.01.